The molecule has 2 heterocycles. The Hall–Kier alpha value is -3.15. The Labute approximate surface area is 180 Å². The number of rotatable bonds is 4. The first-order chi connectivity index (χ1) is 14.7. The van der Waals surface area contributed by atoms with Crippen LogP contribution in [-0.4, -0.2) is 19.2 Å². The molecule has 0 fully saturated rings. The molecule has 2 aliphatic rings. The molecule has 0 radical (unpaired) electrons. The van der Waals surface area contributed by atoms with Gasteiger partial charge >= 0.3 is 0 Å². The molecule has 3 aromatic carbocycles. The maximum absolute atomic E-state index is 6.39. The van der Waals surface area contributed by atoms with Crippen molar-refractivity contribution in [3.05, 3.63) is 94.5 Å². The van der Waals surface area contributed by atoms with Gasteiger partial charge in [0.05, 0.1) is 26.0 Å². The summed E-state index contributed by atoms with van der Waals surface area (Å²) < 4.78 is 17.0. The topological polar surface area (TPSA) is 43.0 Å². The van der Waals surface area contributed by atoms with Crippen LogP contribution in [0, 0.1) is 0 Å². The van der Waals surface area contributed by atoms with Gasteiger partial charge in [0.2, 0.25) is 0 Å². The molecule has 1 N–H and O–H groups in total. The van der Waals surface area contributed by atoms with Crippen LogP contribution in [-0.2, 0) is 0 Å². The van der Waals surface area contributed by atoms with Crippen molar-refractivity contribution >= 4 is 17.3 Å². The van der Waals surface area contributed by atoms with Crippen molar-refractivity contribution in [3.63, 3.8) is 0 Å². The molecule has 2 aliphatic heterocycles. The maximum Gasteiger partial charge on any atom is 0.195 e. The summed E-state index contributed by atoms with van der Waals surface area (Å²) in [6, 6.07) is 21.7. The molecule has 6 heteroatoms. The number of hydrogen-bond acceptors (Lipinski definition) is 5. The Morgan fingerprint density at radius 3 is 2.23 bits per heavy atom. The Bertz CT molecular complexity index is 1100. The van der Waals surface area contributed by atoms with Crippen LogP contribution in [0.3, 0.4) is 0 Å². The fourth-order valence-corrected chi connectivity index (χ4v) is 4.07. The number of hydrogen-bond donors (Lipinski definition) is 1. The zero-order valence-corrected chi connectivity index (χ0v) is 17.4. The van der Waals surface area contributed by atoms with Gasteiger partial charge in [0.15, 0.2) is 6.23 Å². The fourth-order valence-electron chi connectivity index (χ4n) is 3.89. The second kappa shape index (κ2) is 7.59. The highest BCUT2D eigenvalue weighted by Gasteiger charge is 2.40. The van der Waals surface area contributed by atoms with Gasteiger partial charge in [-0.1, -0.05) is 23.7 Å². The van der Waals surface area contributed by atoms with E-state index in [1.165, 1.54) is 0 Å². The Morgan fingerprint density at radius 1 is 0.900 bits per heavy atom. The Balaban J connectivity index is 1.55. The van der Waals surface area contributed by atoms with Crippen LogP contribution in [0.2, 0.25) is 5.02 Å². The lowest BCUT2D eigenvalue weighted by molar-refractivity contribution is -0.0326. The summed E-state index contributed by atoms with van der Waals surface area (Å²) in [6.07, 6.45) is 1.90. The first-order valence-corrected chi connectivity index (χ1v) is 10.1. The standard InChI is InChI=1S/C24H21ClN2O3/c1-28-18-8-3-15(4-9-18)21-14-22-20-13-17(25)7-12-23(20)30-24(27(22)26-21)16-5-10-19(29-2)11-6-16/h3-14,22,24,26H,1-2H3/t22-,24+/m1/s1. The number of fused-ring (bicyclic) bond motifs is 3. The van der Waals surface area contributed by atoms with Gasteiger partial charge in [0.25, 0.3) is 0 Å². The number of hydrazine groups is 1. The van der Waals surface area contributed by atoms with Crippen LogP contribution in [0.25, 0.3) is 5.70 Å². The highest BCUT2D eigenvalue weighted by atomic mass is 35.5. The largest absolute Gasteiger partial charge is 0.497 e. The van der Waals surface area contributed by atoms with Crippen LogP contribution >= 0.6 is 11.6 Å². The van der Waals surface area contributed by atoms with Crippen LogP contribution in [0.4, 0.5) is 0 Å². The average molecular weight is 421 g/mol. The van der Waals surface area contributed by atoms with Gasteiger partial charge in [-0.15, -0.1) is 0 Å². The third-order valence-electron chi connectivity index (χ3n) is 5.46. The summed E-state index contributed by atoms with van der Waals surface area (Å²) in [5.74, 6) is 2.46. The fraction of sp³-hybridized carbons (Fsp3) is 0.167. The van der Waals surface area contributed by atoms with Gasteiger partial charge in [-0.2, -0.15) is 5.01 Å². The molecule has 3 aromatic rings. The maximum atomic E-state index is 6.39. The van der Waals surface area contributed by atoms with Crippen molar-refractivity contribution in [2.75, 3.05) is 14.2 Å². The molecule has 0 saturated heterocycles. The number of benzene rings is 3. The Morgan fingerprint density at radius 2 is 1.57 bits per heavy atom. The summed E-state index contributed by atoms with van der Waals surface area (Å²) in [4.78, 5) is 0. The minimum Gasteiger partial charge on any atom is -0.497 e. The normalized spacial score (nSPS) is 19.8. The quantitative estimate of drug-likeness (QED) is 0.616. The molecular weight excluding hydrogens is 400 g/mol. The minimum absolute atomic E-state index is 0.0170. The van der Waals surface area contributed by atoms with E-state index in [9.17, 15) is 0 Å². The lowest BCUT2D eigenvalue weighted by Gasteiger charge is -2.39. The van der Waals surface area contributed by atoms with Gasteiger partial charge < -0.3 is 19.6 Å². The number of ether oxygens (including phenoxy) is 3. The number of methoxy groups -OCH3 is 2. The third kappa shape index (κ3) is 3.26. The van der Waals surface area contributed by atoms with E-state index in [1.54, 1.807) is 14.2 Å². The van der Waals surface area contributed by atoms with E-state index in [2.05, 4.69) is 16.5 Å². The van der Waals surface area contributed by atoms with Crippen molar-refractivity contribution in [2.24, 2.45) is 0 Å². The van der Waals surface area contributed by atoms with E-state index in [4.69, 9.17) is 25.8 Å². The molecule has 0 bridgehead atoms. The van der Waals surface area contributed by atoms with E-state index in [-0.39, 0.29) is 12.3 Å². The highest BCUT2D eigenvalue weighted by molar-refractivity contribution is 6.30. The predicted molar refractivity (Wildman–Crippen MR) is 117 cm³/mol. The van der Waals surface area contributed by atoms with Crippen molar-refractivity contribution in [2.45, 2.75) is 12.3 Å². The molecule has 152 valence electrons. The van der Waals surface area contributed by atoms with Crippen molar-refractivity contribution in [1.82, 2.24) is 10.4 Å². The van der Waals surface area contributed by atoms with E-state index in [1.807, 2.05) is 66.7 Å². The smallest absolute Gasteiger partial charge is 0.195 e. The van der Waals surface area contributed by atoms with Gasteiger partial charge in [-0.25, -0.2) is 0 Å². The summed E-state index contributed by atoms with van der Waals surface area (Å²) in [6.45, 7) is 0. The van der Waals surface area contributed by atoms with Crippen LogP contribution in [0.5, 0.6) is 17.2 Å². The number of nitrogens with zero attached hydrogens (tertiary/aromatic N) is 1. The molecular formula is C24H21ClN2O3. The molecule has 0 amide bonds. The molecule has 0 aromatic heterocycles. The van der Waals surface area contributed by atoms with Gasteiger partial charge in [0, 0.05) is 16.1 Å². The highest BCUT2D eigenvalue weighted by Crippen LogP contribution is 2.46. The molecule has 5 rings (SSSR count). The van der Waals surface area contributed by atoms with E-state index in [0.29, 0.717) is 5.02 Å². The van der Waals surface area contributed by atoms with Crippen molar-refractivity contribution in [3.8, 4) is 17.2 Å². The molecule has 0 spiro atoms. The average Bonchev–Trinajstić information content (AvgIpc) is 3.24. The molecule has 0 aliphatic carbocycles. The molecule has 0 unspecified atom stereocenters. The predicted octanol–water partition coefficient (Wildman–Crippen LogP) is 5.35. The molecule has 5 nitrogen and oxygen atoms in total. The summed E-state index contributed by atoms with van der Waals surface area (Å²) >= 11 is 6.30. The second-order valence-electron chi connectivity index (χ2n) is 7.20. The Kier molecular flexibility index (Phi) is 4.77. The van der Waals surface area contributed by atoms with Crippen LogP contribution < -0.4 is 19.6 Å². The number of halogens is 1. The molecule has 30 heavy (non-hydrogen) atoms. The monoisotopic (exact) mass is 420 g/mol. The van der Waals surface area contributed by atoms with Gasteiger partial charge in [0.1, 0.15) is 17.2 Å². The zero-order valence-electron chi connectivity index (χ0n) is 16.6. The van der Waals surface area contributed by atoms with Crippen molar-refractivity contribution < 1.29 is 14.2 Å². The summed E-state index contributed by atoms with van der Waals surface area (Å²) in [7, 11) is 3.33. The van der Waals surface area contributed by atoms with Gasteiger partial charge in [-0.05, 0) is 66.2 Å². The lowest BCUT2D eigenvalue weighted by atomic mass is 10.0. The third-order valence-corrected chi connectivity index (χ3v) is 5.69. The summed E-state index contributed by atoms with van der Waals surface area (Å²) in [5, 5.41) is 2.80. The van der Waals surface area contributed by atoms with Crippen LogP contribution in [0.15, 0.2) is 72.8 Å². The van der Waals surface area contributed by atoms with Gasteiger partial charge in [-0.3, -0.25) is 0 Å². The first-order valence-electron chi connectivity index (χ1n) is 9.67. The minimum atomic E-state index is -0.304. The number of nitrogens with one attached hydrogen (secondary N) is 1. The second-order valence-corrected chi connectivity index (χ2v) is 7.63. The van der Waals surface area contributed by atoms with E-state index < -0.39 is 0 Å². The van der Waals surface area contributed by atoms with Crippen molar-refractivity contribution in [1.29, 1.82) is 0 Å². The van der Waals surface area contributed by atoms with E-state index in [0.717, 1.165) is 39.6 Å². The van der Waals surface area contributed by atoms with Crippen LogP contribution in [0.1, 0.15) is 29.0 Å². The SMILES string of the molecule is COc1ccc(C2=C[C@@H]3c4cc(Cl)ccc4O[C@@H](c4ccc(OC)cc4)N3N2)cc1. The first kappa shape index (κ1) is 18.9. The molecule has 2 atom stereocenters. The zero-order chi connectivity index (χ0) is 20.7. The van der Waals surface area contributed by atoms with E-state index >= 15 is 0 Å². The molecule has 0 saturated carbocycles. The summed E-state index contributed by atoms with van der Waals surface area (Å²) in [5.41, 5.74) is 7.68. The lowest BCUT2D eigenvalue weighted by Crippen LogP contribution is -2.43.